The van der Waals surface area contributed by atoms with E-state index in [4.69, 9.17) is 4.74 Å². The molecule has 0 spiro atoms. The molecule has 1 fully saturated rings. The number of hydrogen-bond donors (Lipinski definition) is 2. The van der Waals surface area contributed by atoms with E-state index in [2.05, 4.69) is 25.6 Å². The molecule has 0 unspecified atom stereocenters. The molecule has 1 aromatic heterocycles. The lowest BCUT2D eigenvalue weighted by atomic mass is 10.2. The summed E-state index contributed by atoms with van der Waals surface area (Å²) >= 11 is 3.35. The molecule has 0 amide bonds. The molecule has 6 nitrogen and oxygen atoms in total. The van der Waals surface area contributed by atoms with E-state index < -0.39 is 16.0 Å². The highest BCUT2D eigenvalue weighted by Gasteiger charge is 2.31. The molecule has 130 valence electrons. The number of nitrogens with one attached hydrogen (secondary N) is 2. The molecule has 8 heteroatoms. The number of halogens is 1. The van der Waals surface area contributed by atoms with Gasteiger partial charge in [-0.25, -0.2) is 17.9 Å². The minimum atomic E-state index is -3.84. The maximum absolute atomic E-state index is 12.9. The standard InChI is InChI=1S/C16H19BrN2O4S/c1-2-23-16(20)14-15(12-9-10(17)7-8-13(12)18-14)24(21,22)19-11-5-3-4-6-11/h7-9,11,18-19H,2-6H2,1H3. The first-order valence-electron chi connectivity index (χ1n) is 7.93. The number of ether oxygens (including phenoxy) is 1. The molecular weight excluding hydrogens is 396 g/mol. The van der Waals surface area contributed by atoms with Crippen LogP contribution in [0.1, 0.15) is 43.1 Å². The average Bonchev–Trinajstić information content (AvgIpc) is 3.13. The van der Waals surface area contributed by atoms with Crippen molar-refractivity contribution in [3.8, 4) is 0 Å². The number of rotatable bonds is 5. The molecule has 0 aliphatic heterocycles. The number of carbonyl (C=O) groups excluding carboxylic acids is 1. The summed E-state index contributed by atoms with van der Waals surface area (Å²) in [5, 5.41) is 0.470. The zero-order chi connectivity index (χ0) is 17.3. The van der Waals surface area contributed by atoms with Gasteiger partial charge >= 0.3 is 5.97 Å². The molecule has 3 rings (SSSR count). The zero-order valence-electron chi connectivity index (χ0n) is 13.3. The first-order chi connectivity index (χ1) is 11.4. The second kappa shape index (κ2) is 6.85. The van der Waals surface area contributed by atoms with Gasteiger partial charge in [0.05, 0.1) is 6.61 Å². The van der Waals surface area contributed by atoms with Crippen molar-refractivity contribution in [2.45, 2.75) is 43.5 Å². The van der Waals surface area contributed by atoms with E-state index in [0.717, 1.165) is 30.2 Å². The molecular formula is C16H19BrN2O4S. The number of benzene rings is 1. The van der Waals surface area contributed by atoms with E-state index in [1.165, 1.54) is 0 Å². The summed E-state index contributed by atoms with van der Waals surface area (Å²) in [6, 6.07) is 5.13. The van der Waals surface area contributed by atoms with Crippen LogP contribution in [0.15, 0.2) is 27.6 Å². The minimum Gasteiger partial charge on any atom is -0.461 e. The fourth-order valence-electron chi connectivity index (χ4n) is 3.09. The minimum absolute atomic E-state index is 0.0320. The molecule has 1 aromatic carbocycles. The SMILES string of the molecule is CCOC(=O)c1[nH]c2ccc(Br)cc2c1S(=O)(=O)NC1CCCC1. The number of hydrogen-bond acceptors (Lipinski definition) is 4. The first kappa shape index (κ1) is 17.4. The molecule has 0 bridgehead atoms. The highest BCUT2D eigenvalue weighted by atomic mass is 79.9. The Bertz CT molecular complexity index is 870. The van der Waals surface area contributed by atoms with Crippen molar-refractivity contribution in [2.75, 3.05) is 6.61 Å². The third-order valence-electron chi connectivity index (χ3n) is 4.14. The van der Waals surface area contributed by atoms with Crippen molar-refractivity contribution in [3.05, 3.63) is 28.4 Å². The van der Waals surface area contributed by atoms with Crippen molar-refractivity contribution in [1.29, 1.82) is 0 Å². The maximum Gasteiger partial charge on any atom is 0.356 e. The predicted octanol–water partition coefficient (Wildman–Crippen LogP) is 3.33. The quantitative estimate of drug-likeness (QED) is 0.734. The largest absolute Gasteiger partial charge is 0.461 e. The van der Waals surface area contributed by atoms with Gasteiger partial charge in [-0.15, -0.1) is 0 Å². The molecule has 0 saturated heterocycles. The van der Waals surface area contributed by atoms with Crippen LogP contribution in [0.3, 0.4) is 0 Å². The van der Waals surface area contributed by atoms with E-state index in [0.29, 0.717) is 10.9 Å². The van der Waals surface area contributed by atoms with Crippen LogP contribution >= 0.6 is 15.9 Å². The molecule has 2 N–H and O–H groups in total. The van der Waals surface area contributed by atoms with E-state index in [9.17, 15) is 13.2 Å². The third kappa shape index (κ3) is 3.36. The van der Waals surface area contributed by atoms with Gasteiger partial charge in [-0.3, -0.25) is 0 Å². The molecule has 1 saturated carbocycles. The number of H-pyrrole nitrogens is 1. The van der Waals surface area contributed by atoms with Crippen molar-refractivity contribution >= 4 is 42.8 Å². The van der Waals surface area contributed by atoms with E-state index in [1.807, 2.05) is 0 Å². The lowest BCUT2D eigenvalue weighted by molar-refractivity contribution is 0.0516. The van der Waals surface area contributed by atoms with Crippen LogP contribution in [0.25, 0.3) is 10.9 Å². The monoisotopic (exact) mass is 414 g/mol. The maximum atomic E-state index is 12.9. The van der Waals surface area contributed by atoms with Crippen LogP contribution < -0.4 is 4.72 Å². The van der Waals surface area contributed by atoms with Gasteiger partial charge in [0.1, 0.15) is 10.6 Å². The number of carbonyl (C=O) groups is 1. The molecule has 1 aliphatic carbocycles. The highest BCUT2D eigenvalue weighted by Crippen LogP contribution is 2.31. The van der Waals surface area contributed by atoms with Crippen LogP contribution in [0.2, 0.25) is 0 Å². The summed E-state index contributed by atoms with van der Waals surface area (Å²) in [5.41, 5.74) is 0.545. The fourth-order valence-corrected chi connectivity index (χ4v) is 5.10. The molecule has 24 heavy (non-hydrogen) atoms. The van der Waals surface area contributed by atoms with Crippen molar-refractivity contribution < 1.29 is 17.9 Å². The van der Waals surface area contributed by atoms with Gasteiger partial charge in [-0.2, -0.15) is 0 Å². The van der Waals surface area contributed by atoms with Gasteiger partial charge in [-0.1, -0.05) is 28.8 Å². The van der Waals surface area contributed by atoms with Crippen LogP contribution in [0.4, 0.5) is 0 Å². The van der Waals surface area contributed by atoms with E-state index in [1.54, 1.807) is 25.1 Å². The lowest BCUT2D eigenvalue weighted by Crippen LogP contribution is -2.33. The van der Waals surface area contributed by atoms with Crippen LogP contribution in [-0.2, 0) is 14.8 Å². The Labute approximate surface area is 149 Å². The Morgan fingerprint density at radius 2 is 2.08 bits per heavy atom. The molecule has 1 aliphatic rings. The van der Waals surface area contributed by atoms with Gasteiger partial charge in [0.15, 0.2) is 0 Å². The van der Waals surface area contributed by atoms with Gasteiger partial charge in [0.25, 0.3) is 0 Å². The predicted molar refractivity (Wildman–Crippen MR) is 94.5 cm³/mol. The van der Waals surface area contributed by atoms with Gasteiger partial charge in [-0.05, 0) is 38.0 Å². The summed E-state index contributed by atoms with van der Waals surface area (Å²) in [7, 11) is -3.84. The Hall–Kier alpha value is -1.38. The first-order valence-corrected chi connectivity index (χ1v) is 10.2. The van der Waals surface area contributed by atoms with Crippen molar-refractivity contribution in [3.63, 3.8) is 0 Å². The highest BCUT2D eigenvalue weighted by molar-refractivity contribution is 9.10. The summed E-state index contributed by atoms with van der Waals surface area (Å²) in [4.78, 5) is 15.1. The Morgan fingerprint density at radius 3 is 2.75 bits per heavy atom. The smallest absolute Gasteiger partial charge is 0.356 e. The summed E-state index contributed by atoms with van der Waals surface area (Å²) in [6.07, 6.45) is 3.66. The molecule has 0 atom stereocenters. The van der Waals surface area contributed by atoms with Gasteiger partial charge in [0.2, 0.25) is 10.0 Å². The Balaban J connectivity index is 2.13. The van der Waals surface area contributed by atoms with Crippen molar-refractivity contribution in [1.82, 2.24) is 9.71 Å². The normalized spacial score (nSPS) is 15.9. The van der Waals surface area contributed by atoms with Gasteiger partial charge in [0, 0.05) is 21.4 Å². The van der Waals surface area contributed by atoms with E-state index in [-0.39, 0.29) is 23.2 Å². The summed E-state index contributed by atoms with van der Waals surface area (Å²) < 4.78 is 34.4. The van der Waals surface area contributed by atoms with Crippen molar-refractivity contribution in [2.24, 2.45) is 0 Å². The Morgan fingerprint density at radius 1 is 1.38 bits per heavy atom. The van der Waals surface area contributed by atoms with Crippen LogP contribution in [0.5, 0.6) is 0 Å². The zero-order valence-corrected chi connectivity index (χ0v) is 15.7. The lowest BCUT2D eigenvalue weighted by Gasteiger charge is -2.13. The number of esters is 1. The second-order valence-electron chi connectivity index (χ2n) is 5.84. The molecule has 0 radical (unpaired) electrons. The van der Waals surface area contributed by atoms with Gasteiger partial charge < -0.3 is 9.72 Å². The summed E-state index contributed by atoms with van der Waals surface area (Å²) in [6.45, 7) is 1.86. The topological polar surface area (TPSA) is 88.3 Å². The average molecular weight is 415 g/mol. The van der Waals surface area contributed by atoms with Crippen LogP contribution in [0, 0.1) is 0 Å². The molecule has 1 heterocycles. The fraction of sp³-hybridized carbons (Fsp3) is 0.438. The Kier molecular flexibility index (Phi) is 4.98. The van der Waals surface area contributed by atoms with E-state index >= 15 is 0 Å². The number of sulfonamides is 1. The third-order valence-corrected chi connectivity index (χ3v) is 6.24. The summed E-state index contributed by atoms with van der Waals surface area (Å²) in [5.74, 6) is -0.670. The number of aromatic amines is 1. The van der Waals surface area contributed by atoms with Crippen LogP contribution in [-0.4, -0.2) is 32.0 Å². The second-order valence-corrected chi connectivity index (χ2v) is 8.41. The molecule has 2 aromatic rings. The number of fused-ring (bicyclic) bond motifs is 1. The number of aromatic nitrogens is 1.